The van der Waals surface area contributed by atoms with E-state index < -0.39 is 23.5 Å². The highest BCUT2D eigenvalue weighted by molar-refractivity contribution is 5.91. The van der Waals surface area contributed by atoms with Crippen molar-refractivity contribution in [3.8, 4) is 0 Å². The second kappa shape index (κ2) is 4.57. The van der Waals surface area contributed by atoms with Gasteiger partial charge in [-0.1, -0.05) is 0 Å². The molecule has 1 aromatic rings. The van der Waals surface area contributed by atoms with E-state index in [2.05, 4.69) is 0 Å². The van der Waals surface area contributed by atoms with Gasteiger partial charge in [0, 0.05) is 5.57 Å². The lowest BCUT2D eigenvalue weighted by Crippen LogP contribution is -2.06. The van der Waals surface area contributed by atoms with Crippen molar-refractivity contribution in [2.75, 3.05) is 0 Å². The van der Waals surface area contributed by atoms with Crippen LogP contribution < -0.4 is 0 Å². The fourth-order valence-electron chi connectivity index (χ4n) is 1.17. The van der Waals surface area contributed by atoms with Crippen LogP contribution in [0.15, 0.2) is 23.8 Å². The van der Waals surface area contributed by atoms with E-state index in [-0.39, 0.29) is 11.1 Å². The number of rotatable bonds is 2. The zero-order valence-corrected chi connectivity index (χ0v) is 8.68. The molecule has 6 heteroatoms. The summed E-state index contributed by atoms with van der Waals surface area (Å²) < 4.78 is 50.0. The van der Waals surface area contributed by atoms with Crippen LogP contribution in [0.25, 0.3) is 6.08 Å². The first-order valence-electron chi connectivity index (χ1n) is 4.49. The third-order valence-corrected chi connectivity index (χ3v) is 1.97. The number of alkyl halides is 3. The van der Waals surface area contributed by atoms with E-state index in [0.717, 1.165) is 12.1 Å². The lowest BCUT2D eigenvalue weighted by Gasteiger charge is -2.07. The third kappa shape index (κ3) is 3.58. The van der Waals surface area contributed by atoms with Crippen molar-refractivity contribution in [2.24, 2.45) is 0 Å². The van der Waals surface area contributed by atoms with E-state index >= 15 is 0 Å². The maximum atomic E-state index is 12.9. The highest BCUT2D eigenvalue weighted by Crippen LogP contribution is 2.30. The molecule has 0 bridgehead atoms. The zero-order chi connectivity index (χ0) is 13.2. The molecule has 0 aliphatic heterocycles. The Hall–Kier alpha value is -1.85. The monoisotopic (exact) mass is 248 g/mol. The molecular weight excluding hydrogens is 240 g/mol. The van der Waals surface area contributed by atoms with Gasteiger partial charge in [-0.05, 0) is 36.8 Å². The Balaban J connectivity index is 3.24. The molecular formula is C11H8F4O2. The smallest absolute Gasteiger partial charge is 0.416 e. The molecule has 1 N–H and O–H groups in total. The maximum Gasteiger partial charge on any atom is 0.416 e. The summed E-state index contributed by atoms with van der Waals surface area (Å²) in [7, 11) is 0. The largest absolute Gasteiger partial charge is 0.478 e. The molecule has 0 aliphatic carbocycles. The van der Waals surface area contributed by atoms with E-state index in [9.17, 15) is 22.4 Å². The molecule has 2 nitrogen and oxygen atoms in total. The Morgan fingerprint density at radius 1 is 1.29 bits per heavy atom. The molecule has 0 heterocycles. The summed E-state index contributed by atoms with van der Waals surface area (Å²) in [6, 6.07) is 1.88. The molecule has 0 saturated heterocycles. The molecule has 0 amide bonds. The van der Waals surface area contributed by atoms with Gasteiger partial charge >= 0.3 is 12.1 Å². The number of aliphatic carboxylic acids is 1. The van der Waals surface area contributed by atoms with Crippen LogP contribution in [0.3, 0.4) is 0 Å². The number of halogens is 4. The first kappa shape index (κ1) is 13.2. The van der Waals surface area contributed by atoms with Crippen molar-refractivity contribution in [1.29, 1.82) is 0 Å². The van der Waals surface area contributed by atoms with Gasteiger partial charge in [0.15, 0.2) is 0 Å². The number of hydrogen-bond donors (Lipinski definition) is 1. The molecule has 1 aromatic carbocycles. The van der Waals surface area contributed by atoms with Crippen LogP contribution >= 0.6 is 0 Å². The first-order valence-corrected chi connectivity index (χ1v) is 4.49. The molecule has 0 unspecified atom stereocenters. The molecule has 0 aliphatic rings. The van der Waals surface area contributed by atoms with Crippen molar-refractivity contribution in [2.45, 2.75) is 13.1 Å². The molecule has 0 radical (unpaired) electrons. The number of carboxylic acid groups (broad SMARTS) is 1. The Bertz CT molecular complexity index is 475. The molecule has 0 fully saturated rings. The minimum absolute atomic E-state index is 0.141. The first-order chi connectivity index (χ1) is 7.70. The van der Waals surface area contributed by atoms with E-state index in [4.69, 9.17) is 5.11 Å². The van der Waals surface area contributed by atoms with E-state index in [1.807, 2.05) is 0 Å². The average Bonchev–Trinajstić information content (AvgIpc) is 2.15. The highest BCUT2D eigenvalue weighted by atomic mass is 19.4. The maximum absolute atomic E-state index is 12.9. The van der Waals surface area contributed by atoms with Crippen molar-refractivity contribution in [3.05, 3.63) is 40.7 Å². The minimum Gasteiger partial charge on any atom is -0.478 e. The van der Waals surface area contributed by atoms with Crippen LogP contribution in [0.1, 0.15) is 18.1 Å². The van der Waals surface area contributed by atoms with Gasteiger partial charge < -0.3 is 5.11 Å². The van der Waals surface area contributed by atoms with E-state index in [1.165, 1.54) is 6.92 Å². The van der Waals surface area contributed by atoms with Crippen molar-refractivity contribution in [3.63, 3.8) is 0 Å². The molecule has 17 heavy (non-hydrogen) atoms. The Labute approximate surface area is 94.2 Å². The predicted molar refractivity (Wildman–Crippen MR) is 52.7 cm³/mol. The Kier molecular flexibility index (Phi) is 3.55. The van der Waals surface area contributed by atoms with Gasteiger partial charge in [-0.15, -0.1) is 0 Å². The van der Waals surface area contributed by atoms with Crippen molar-refractivity contribution < 1.29 is 27.5 Å². The topological polar surface area (TPSA) is 37.3 Å². The van der Waals surface area contributed by atoms with Crippen molar-refractivity contribution in [1.82, 2.24) is 0 Å². The van der Waals surface area contributed by atoms with Crippen LogP contribution in [0, 0.1) is 5.82 Å². The van der Waals surface area contributed by atoms with Crippen LogP contribution in [-0.2, 0) is 11.0 Å². The van der Waals surface area contributed by atoms with Crippen LogP contribution in [-0.4, -0.2) is 11.1 Å². The molecule has 0 atom stereocenters. The third-order valence-electron chi connectivity index (χ3n) is 1.97. The summed E-state index contributed by atoms with van der Waals surface area (Å²) in [5.41, 5.74) is -1.47. The van der Waals surface area contributed by atoms with Gasteiger partial charge in [0.1, 0.15) is 5.82 Å². The summed E-state index contributed by atoms with van der Waals surface area (Å²) in [6.45, 7) is 1.21. The second-order valence-electron chi connectivity index (χ2n) is 3.40. The number of carboxylic acids is 1. The summed E-state index contributed by atoms with van der Waals surface area (Å²) in [6.07, 6.45) is -3.69. The summed E-state index contributed by atoms with van der Waals surface area (Å²) >= 11 is 0. The minimum atomic E-state index is -4.66. The molecule has 1 rings (SSSR count). The van der Waals surface area contributed by atoms with E-state index in [0.29, 0.717) is 12.1 Å². The van der Waals surface area contributed by atoms with Gasteiger partial charge in [-0.3, -0.25) is 0 Å². The molecule has 0 aromatic heterocycles. The highest BCUT2D eigenvalue weighted by Gasteiger charge is 2.31. The van der Waals surface area contributed by atoms with Gasteiger partial charge in [-0.25, -0.2) is 9.18 Å². The Morgan fingerprint density at radius 3 is 2.35 bits per heavy atom. The number of carbonyl (C=O) groups is 1. The summed E-state index contributed by atoms with van der Waals surface area (Å²) in [5.74, 6) is -2.34. The average molecular weight is 248 g/mol. The van der Waals surface area contributed by atoms with Gasteiger partial charge in [0.25, 0.3) is 0 Å². The molecule has 0 spiro atoms. The van der Waals surface area contributed by atoms with Gasteiger partial charge in [0.05, 0.1) is 5.56 Å². The van der Waals surface area contributed by atoms with Gasteiger partial charge in [0.2, 0.25) is 0 Å². The summed E-state index contributed by atoms with van der Waals surface area (Å²) in [5, 5.41) is 8.56. The number of hydrogen-bond acceptors (Lipinski definition) is 1. The van der Waals surface area contributed by atoms with Gasteiger partial charge in [-0.2, -0.15) is 13.2 Å². The van der Waals surface area contributed by atoms with Crippen LogP contribution in [0.2, 0.25) is 0 Å². The molecule has 92 valence electrons. The standard InChI is InChI=1S/C11H8F4O2/c1-6(10(16)17)2-7-3-8(11(13,14)15)5-9(12)4-7/h2-5H,1H3,(H,16,17)/b6-2-. The quantitative estimate of drug-likeness (QED) is 0.643. The fraction of sp³-hybridized carbons (Fsp3) is 0.182. The lowest BCUT2D eigenvalue weighted by atomic mass is 10.1. The molecule has 0 saturated carbocycles. The lowest BCUT2D eigenvalue weighted by molar-refractivity contribution is -0.137. The predicted octanol–water partition coefficient (Wildman–Crippen LogP) is 3.33. The summed E-state index contributed by atoms with van der Waals surface area (Å²) in [4.78, 5) is 10.5. The van der Waals surface area contributed by atoms with Crippen LogP contribution in [0.4, 0.5) is 17.6 Å². The van der Waals surface area contributed by atoms with Crippen molar-refractivity contribution >= 4 is 12.0 Å². The normalized spacial score (nSPS) is 12.6. The Morgan fingerprint density at radius 2 is 1.88 bits per heavy atom. The van der Waals surface area contributed by atoms with Crippen LogP contribution in [0.5, 0.6) is 0 Å². The SMILES string of the molecule is C/C(=C/c1cc(F)cc(C(F)(F)F)c1)C(=O)O. The fourth-order valence-corrected chi connectivity index (χ4v) is 1.17. The van der Waals surface area contributed by atoms with E-state index in [1.54, 1.807) is 0 Å². The second-order valence-corrected chi connectivity index (χ2v) is 3.40. The number of benzene rings is 1. The zero-order valence-electron chi connectivity index (χ0n) is 8.68.